The van der Waals surface area contributed by atoms with Gasteiger partial charge in [0.2, 0.25) is 0 Å². The van der Waals surface area contributed by atoms with Gasteiger partial charge in [-0.2, -0.15) is 0 Å². The van der Waals surface area contributed by atoms with Crippen LogP contribution in [0.25, 0.3) is 5.57 Å². The number of carbonyl (C=O) groups is 1. The summed E-state index contributed by atoms with van der Waals surface area (Å²) in [5.74, 6) is -0.315. The highest BCUT2D eigenvalue weighted by atomic mass is 35.5. The van der Waals surface area contributed by atoms with Gasteiger partial charge in [0.25, 0.3) is 0 Å². The van der Waals surface area contributed by atoms with Crippen LogP contribution in [0.3, 0.4) is 0 Å². The lowest BCUT2D eigenvalue weighted by Gasteiger charge is -2.01. The van der Waals surface area contributed by atoms with Gasteiger partial charge in [0.1, 0.15) is 0 Å². The summed E-state index contributed by atoms with van der Waals surface area (Å²) < 4.78 is 4.82. The summed E-state index contributed by atoms with van der Waals surface area (Å²) in [6, 6.07) is 7.32. The molecule has 0 saturated carbocycles. The van der Waals surface area contributed by atoms with Crippen molar-refractivity contribution in [3.8, 4) is 0 Å². The average molecular weight is 225 g/mol. The van der Waals surface area contributed by atoms with Gasteiger partial charge in [-0.05, 0) is 37.1 Å². The van der Waals surface area contributed by atoms with Crippen LogP contribution in [0.15, 0.2) is 30.3 Å². The fourth-order valence-electron chi connectivity index (χ4n) is 1.16. The Kier molecular flexibility index (Phi) is 4.37. The van der Waals surface area contributed by atoms with Crippen LogP contribution in [0.5, 0.6) is 0 Å². The van der Waals surface area contributed by atoms with Crippen molar-refractivity contribution >= 4 is 23.1 Å². The summed E-state index contributed by atoms with van der Waals surface area (Å²) in [6.45, 7) is 4.03. The molecule has 0 saturated heterocycles. The van der Waals surface area contributed by atoms with E-state index in [1.54, 1.807) is 19.1 Å². The molecule has 0 amide bonds. The highest BCUT2D eigenvalue weighted by molar-refractivity contribution is 6.30. The van der Waals surface area contributed by atoms with E-state index >= 15 is 0 Å². The van der Waals surface area contributed by atoms with Gasteiger partial charge in [-0.3, -0.25) is 0 Å². The lowest BCUT2D eigenvalue weighted by molar-refractivity contribution is -0.137. The molecule has 1 aromatic carbocycles. The summed E-state index contributed by atoms with van der Waals surface area (Å²) in [4.78, 5) is 11.2. The van der Waals surface area contributed by atoms with E-state index in [0.29, 0.717) is 11.6 Å². The monoisotopic (exact) mass is 224 g/mol. The predicted molar refractivity (Wildman–Crippen MR) is 61.7 cm³/mol. The SMILES string of the molecule is CCOC(=O)C=C(C)c1ccc(Cl)cc1. The Bertz CT molecular complexity index is 366. The molecular weight excluding hydrogens is 212 g/mol. The van der Waals surface area contributed by atoms with Crippen molar-refractivity contribution in [1.29, 1.82) is 0 Å². The third kappa shape index (κ3) is 3.76. The first-order valence-corrected chi connectivity index (χ1v) is 5.12. The van der Waals surface area contributed by atoms with Gasteiger partial charge >= 0.3 is 5.97 Å². The van der Waals surface area contributed by atoms with E-state index in [9.17, 15) is 4.79 Å². The van der Waals surface area contributed by atoms with Crippen LogP contribution in [0.1, 0.15) is 19.4 Å². The quantitative estimate of drug-likeness (QED) is 0.582. The van der Waals surface area contributed by atoms with Gasteiger partial charge < -0.3 is 4.74 Å². The molecule has 0 aliphatic rings. The molecule has 2 nitrogen and oxygen atoms in total. The predicted octanol–water partition coefficient (Wildman–Crippen LogP) is 3.31. The zero-order chi connectivity index (χ0) is 11.3. The number of ether oxygens (including phenoxy) is 1. The molecule has 1 aromatic rings. The Morgan fingerprint density at radius 2 is 2.00 bits per heavy atom. The first-order chi connectivity index (χ1) is 7.13. The minimum atomic E-state index is -0.315. The number of hydrogen-bond donors (Lipinski definition) is 0. The van der Waals surface area contributed by atoms with E-state index in [1.165, 1.54) is 6.08 Å². The second kappa shape index (κ2) is 5.56. The second-order valence-electron chi connectivity index (χ2n) is 3.09. The van der Waals surface area contributed by atoms with Crippen LogP contribution in [0, 0.1) is 0 Å². The molecule has 1 rings (SSSR count). The topological polar surface area (TPSA) is 26.3 Å². The standard InChI is InChI=1S/C12H13ClO2/c1-3-15-12(14)8-9(2)10-4-6-11(13)7-5-10/h4-8H,3H2,1-2H3. The molecule has 0 spiro atoms. The van der Waals surface area contributed by atoms with Gasteiger partial charge in [-0.1, -0.05) is 23.7 Å². The van der Waals surface area contributed by atoms with Crippen molar-refractivity contribution in [2.75, 3.05) is 6.61 Å². The third-order valence-corrected chi connectivity index (χ3v) is 2.17. The molecule has 0 N–H and O–H groups in total. The van der Waals surface area contributed by atoms with Crippen LogP contribution in [-0.4, -0.2) is 12.6 Å². The molecule has 0 aliphatic heterocycles. The Labute approximate surface area is 94.5 Å². The molecule has 15 heavy (non-hydrogen) atoms. The minimum absolute atomic E-state index is 0.315. The van der Waals surface area contributed by atoms with Crippen molar-refractivity contribution < 1.29 is 9.53 Å². The summed E-state index contributed by atoms with van der Waals surface area (Å²) in [7, 11) is 0. The van der Waals surface area contributed by atoms with Crippen LogP contribution < -0.4 is 0 Å². The number of benzene rings is 1. The molecule has 0 aromatic heterocycles. The van der Waals surface area contributed by atoms with Crippen LogP contribution in [0.4, 0.5) is 0 Å². The number of esters is 1. The molecule has 0 bridgehead atoms. The lowest BCUT2D eigenvalue weighted by atomic mass is 10.1. The third-order valence-electron chi connectivity index (χ3n) is 1.92. The minimum Gasteiger partial charge on any atom is -0.463 e. The Morgan fingerprint density at radius 1 is 1.40 bits per heavy atom. The van der Waals surface area contributed by atoms with Gasteiger partial charge in [0, 0.05) is 11.1 Å². The normalized spacial score (nSPS) is 11.3. The second-order valence-corrected chi connectivity index (χ2v) is 3.52. The lowest BCUT2D eigenvalue weighted by Crippen LogP contribution is -2.00. The van der Waals surface area contributed by atoms with E-state index in [2.05, 4.69) is 0 Å². The van der Waals surface area contributed by atoms with E-state index in [4.69, 9.17) is 16.3 Å². The first kappa shape index (κ1) is 11.8. The summed E-state index contributed by atoms with van der Waals surface area (Å²) in [5, 5.41) is 0.683. The molecule has 3 heteroatoms. The van der Waals surface area contributed by atoms with Crippen molar-refractivity contribution in [3.63, 3.8) is 0 Å². The Hall–Kier alpha value is -1.28. The average Bonchev–Trinajstić information content (AvgIpc) is 2.18. The maximum atomic E-state index is 11.2. The summed E-state index contributed by atoms with van der Waals surface area (Å²) in [6.07, 6.45) is 1.48. The van der Waals surface area contributed by atoms with Crippen molar-refractivity contribution in [1.82, 2.24) is 0 Å². The van der Waals surface area contributed by atoms with Gasteiger partial charge in [-0.15, -0.1) is 0 Å². The zero-order valence-corrected chi connectivity index (χ0v) is 9.54. The fraction of sp³-hybridized carbons (Fsp3) is 0.250. The number of allylic oxidation sites excluding steroid dienone is 1. The number of rotatable bonds is 3. The molecule has 0 atom stereocenters. The van der Waals surface area contributed by atoms with Gasteiger partial charge in [-0.25, -0.2) is 4.79 Å². The molecular formula is C12H13ClO2. The number of carbonyl (C=O) groups excluding carboxylic acids is 1. The van der Waals surface area contributed by atoms with Gasteiger partial charge in [0.05, 0.1) is 6.61 Å². The van der Waals surface area contributed by atoms with Gasteiger partial charge in [0.15, 0.2) is 0 Å². The van der Waals surface area contributed by atoms with E-state index in [1.807, 2.05) is 19.1 Å². The van der Waals surface area contributed by atoms with Crippen molar-refractivity contribution in [2.24, 2.45) is 0 Å². The fourth-order valence-corrected chi connectivity index (χ4v) is 1.28. The maximum Gasteiger partial charge on any atom is 0.331 e. The first-order valence-electron chi connectivity index (χ1n) is 4.74. The maximum absolute atomic E-state index is 11.2. The van der Waals surface area contributed by atoms with E-state index in [0.717, 1.165) is 11.1 Å². The van der Waals surface area contributed by atoms with Crippen LogP contribution >= 0.6 is 11.6 Å². The highest BCUT2D eigenvalue weighted by Gasteiger charge is 2.00. The number of hydrogen-bond acceptors (Lipinski definition) is 2. The largest absolute Gasteiger partial charge is 0.463 e. The Balaban J connectivity index is 2.79. The van der Waals surface area contributed by atoms with Crippen LogP contribution in [0.2, 0.25) is 5.02 Å². The molecule has 0 heterocycles. The Morgan fingerprint density at radius 3 is 2.53 bits per heavy atom. The van der Waals surface area contributed by atoms with Crippen molar-refractivity contribution in [2.45, 2.75) is 13.8 Å². The highest BCUT2D eigenvalue weighted by Crippen LogP contribution is 2.16. The molecule has 0 radical (unpaired) electrons. The molecule has 0 fully saturated rings. The van der Waals surface area contributed by atoms with E-state index < -0.39 is 0 Å². The van der Waals surface area contributed by atoms with E-state index in [-0.39, 0.29) is 5.97 Å². The van der Waals surface area contributed by atoms with Crippen LogP contribution in [-0.2, 0) is 9.53 Å². The smallest absolute Gasteiger partial charge is 0.331 e. The summed E-state index contributed by atoms with van der Waals surface area (Å²) in [5.41, 5.74) is 1.83. The summed E-state index contributed by atoms with van der Waals surface area (Å²) >= 11 is 5.76. The zero-order valence-electron chi connectivity index (χ0n) is 8.79. The number of halogens is 1. The molecule has 0 unspecified atom stereocenters. The molecule has 80 valence electrons. The molecule has 0 aliphatic carbocycles. The van der Waals surface area contributed by atoms with Crippen molar-refractivity contribution in [3.05, 3.63) is 40.9 Å².